The minimum Gasteiger partial charge on any atom is -0.345 e. The first kappa shape index (κ1) is 11.5. The average molecular weight is 227 g/mol. The van der Waals surface area contributed by atoms with E-state index < -0.39 is 5.82 Å². The van der Waals surface area contributed by atoms with Gasteiger partial charge in [-0.15, -0.1) is 0 Å². The summed E-state index contributed by atoms with van der Waals surface area (Å²) in [5, 5.41) is 2.31. The number of hydrogen-bond donors (Lipinski definition) is 1. The molecule has 1 rings (SSSR count). The molecule has 0 spiro atoms. The van der Waals surface area contributed by atoms with Crippen LogP contribution in [0.3, 0.4) is 0 Å². The SMILES string of the molecule is CC(=O)NCC#Cc1cnc(Cl)c(F)c1. The molecule has 3 nitrogen and oxygen atoms in total. The Morgan fingerprint density at radius 1 is 1.73 bits per heavy atom. The molecular formula is C10H8ClFN2O. The topological polar surface area (TPSA) is 42.0 Å². The van der Waals surface area contributed by atoms with Crippen molar-refractivity contribution in [2.45, 2.75) is 6.92 Å². The molecule has 0 bridgehead atoms. The van der Waals surface area contributed by atoms with Gasteiger partial charge in [0.25, 0.3) is 0 Å². The molecule has 0 unspecified atom stereocenters. The predicted molar refractivity (Wildman–Crippen MR) is 54.8 cm³/mol. The lowest BCUT2D eigenvalue weighted by Crippen LogP contribution is -2.19. The zero-order valence-electron chi connectivity index (χ0n) is 7.97. The normalized spacial score (nSPS) is 9.00. The van der Waals surface area contributed by atoms with E-state index in [9.17, 15) is 9.18 Å². The maximum atomic E-state index is 12.9. The number of amides is 1. The van der Waals surface area contributed by atoms with Gasteiger partial charge in [0.05, 0.1) is 6.54 Å². The van der Waals surface area contributed by atoms with E-state index in [-0.39, 0.29) is 17.6 Å². The molecule has 0 saturated heterocycles. The van der Waals surface area contributed by atoms with Crippen molar-refractivity contribution in [1.82, 2.24) is 10.3 Å². The maximum Gasteiger partial charge on any atom is 0.217 e. The van der Waals surface area contributed by atoms with Crippen LogP contribution in [-0.2, 0) is 4.79 Å². The van der Waals surface area contributed by atoms with Crippen molar-refractivity contribution < 1.29 is 9.18 Å². The summed E-state index contributed by atoms with van der Waals surface area (Å²) in [5.74, 6) is 4.52. The van der Waals surface area contributed by atoms with Crippen LogP contribution in [0.25, 0.3) is 0 Å². The number of aromatic nitrogens is 1. The van der Waals surface area contributed by atoms with Gasteiger partial charge in [-0.3, -0.25) is 4.79 Å². The van der Waals surface area contributed by atoms with Crippen LogP contribution in [0.5, 0.6) is 0 Å². The Hall–Kier alpha value is -1.60. The summed E-state index contributed by atoms with van der Waals surface area (Å²) in [5.41, 5.74) is 0.419. The first-order chi connectivity index (χ1) is 7.09. The molecule has 1 heterocycles. The van der Waals surface area contributed by atoms with Crippen molar-refractivity contribution in [3.05, 3.63) is 28.8 Å². The van der Waals surface area contributed by atoms with E-state index in [1.807, 2.05) is 0 Å². The monoisotopic (exact) mass is 226 g/mol. The molecule has 0 atom stereocenters. The van der Waals surface area contributed by atoms with Crippen molar-refractivity contribution in [2.24, 2.45) is 0 Å². The van der Waals surface area contributed by atoms with Gasteiger partial charge in [0.2, 0.25) is 5.91 Å². The summed E-state index contributed by atoms with van der Waals surface area (Å²) in [6.07, 6.45) is 1.37. The van der Waals surface area contributed by atoms with E-state index in [0.717, 1.165) is 0 Å². The van der Waals surface area contributed by atoms with Crippen LogP contribution in [0, 0.1) is 17.7 Å². The number of hydrogen-bond acceptors (Lipinski definition) is 2. The Labute approximate surface area is 91.7 Å². The van der Waals surface area contributed by atoms with E-state index in [1.54, 1.807) is 0 Å². The van der Waals surface area contributed by atoms with Gasteiger partial charge in [-0.1, -0.05) is 23.4 Å². The summed E-state index contributed by atoms with van der Waals surface area (Å²) < 4.78 is 12.9. The third kappa shape index (κ3) is 3.96. The van der Waals surface area contributed by atoms with Crippen LogP contribution >= 0.6 is 11.6 Å². The Morgan fingerprint density at radius 3 is 3.07 bits per heavy atom. The fraction of sp³-hybridized carbons (Fsp3) is 0.200. The van der Waals surface area contributed by atoms with Crippen molar-refractivity contribution in [3.63, 3.8) is 0 Å². The maximum absolute atomic E-state index is 12.9. The van der Waals surface area contributed by atoms with Gasteiger partial charge in [0.1, 0.15) is 0 Å². The Kier molecular flexibility index (Phi) is 4.07. The first-order valence-corrected chi connectivity index (χ1v) is 4.51. The van der Waals surface area contributed by atoms with Crippen LogP contribution in [0.4, 0.5) is 4.39 Å². The fourth-order valence-corrected chi connectivity index (χ4v) is 0.908. The molecule has 5 heteroatoms. The molecular weight excluding hydrogens is 219 g/mol. The highest BCUT2D eigenvalue weighted by molar-refractivity contribution is 6.29. The zero-order chi connectivity index (χ0) is 11.3. The van der Waals surface area contributed by atoms with E-state index in [1.165, 1.54) is 19.2 Å². The Bertz CT molecular complexity index is 437. The van der Waals surface area contributed by atoms with E-state index >= 15 is 0 Å². The molecule has 0 aliphatic rings. The molecule has 0 saturated carbocycles. The van der Waals surface area contributed by atoms with Crippen molar-refractivity contribution >= 4 is 17.5 Å². The average Bonchev–Trinajstić information content (AvgIpc) is 2.18. The lowest BCUT2D eigenvalue weighted by molar-refractivity contribution is -0.118. The lowest BCUT2D eigenvalue weighted by atomic mass is 10.3. The van der Waals surface area contributed by atoms with Crippen LogP contribution in [-0.4, -0.2) is 17.4 Å². The largest absolute Gasteiger partial charge is 0.345 e. The standard InChI is InChI=1S/C10H8ClFN2O/c1-7(15)13-4-2-3-8-5-9(12)10(11)14-6-8/h5-6H,4H2,1H3,(H,13,15). The van der Waals surface area contributed by atoms with Crippen molar-refractivity contribution in [1.29, 1.82) is 0 Å². The van der Waals surface area contributed by atoms with Crippen LogP contribution < -0.4 is 5.32 Å². The minimum absolute atomic E-state index is 0.162. The van der Waals surface area contributed by atoms with Crippen LogP contribution in [0.1, 0.15) is 12.5 Å². The lowest BCUT2D eigenvalue weighted by Gasteiger charge is -1.94. The molecule has 1 aromatic heterocycles. The summed E-state index contributed by atoms with van der Waals surface area (Å²) in [6, 6.07) is 1.19. The first-order valence-electron chi connectivity index (χ1n) is 4.14. The van der Waals surface area contributed by atoms with Gasteiger partial charge in [-0.25, -0.2) is 9.37 Å². The fourth-order valence-electron chi connectivity index (χ4n) is 0.805. The quantitative estimate of drug-likeness (QED) is 0.580. The molecule has 0 aliphatic heterocycles. The van der Waals surface area contributed by atoms with Crippen molar-refractivity contribution in [3.8, 4) is 11.8 Å². The molecule has 1 amide bonds. The number of pyridine rings is 1. The van der Waals surface area contributed by atoms with Gasteiger partial charge in [-0.05, 0) is 6.07 Å². The number of halogens is 2. The second-order valence-corrected chi connectivity index (χ2v) is 3.07. The van der Waals surface area contributed by atoms with Crippen LogP contribution in [0.2, 0.25) is 5.15 Å². The third-order valence-electron chi connectivity index (χ3n) is 1.45. The van der Waals surface area contributed by atoms with E-state index in [0.29, 0.717) is 5.56 Å². The molecule has 1 aromatic rings. The zero-order valence-corrected chi connectivity index (χ0v) is 8.73. The number of carbonyl (C=O) groups excluding carboxylic acids is 1. The van der Waals surface area contributed by atoms with Gasteiger partial charge in [0, 0.05) is 18.7 Å². The summed E-state index contributed by atoms with van der Waals surface area (Å²) >= 11 is 5.39. The van der Waals surface area contributed by atoms with Crippen LogP contribution in [0.15, 0.2) is 12.3 Å². The number of carbonyl (C=O) groups is 1. The molecule has 0 fully saturated rings. The second kappa shape index (κ2) is 5.32. The third-order valence-corrected chi connectivity index (χ3v) is 1.73. The Morgan fingerprint density at radius 2 is 2.47 bits per heavy atom. The molecule has 0 aliphatic carbocycles. The molecule has 0 aromatic carbocycles. The number of nitrogens with one attached hydrogen (secondary N) is 1. The number of nitrogens with zero attached hydrogens (tertiary/aromatic N) is 1. The highest BCUT2D eigenvalue weighted by Crippen LogP contribution is 2.10. The van der Waals surface area contributed by atoms with E-state index in [4.69, 9.17) is 11.6 Å². The van der Waals surface area contributed by atoms with Gasteiger partial charge in [-0.2, -0.15) is 0 Å². The smallest absolute Gasteiger partial charge is 0.217 e. The van der Waals surface area contributed by atoms with Crippen molar-refractivity contribution in [2.75, 3.05) is 6.54 Å². The highest BCUT2D eigenvalue weighted by Gasteiger charge is 1.99. The molecule has 15 heavy (non-hydrogen) atoms. The minimum atomic E-state index is -0.608. The number of rotatable bonds is 1. The van der Waals surface area contributed by atoms with E-state index in [2.05, 4.69) is 22.1 Å². The van der Waals surface area contributed by atoms with Gasteiger partial charge >= 0.3 is 0 Å². The molecule has 1 N–H and O–H groups in total. The highest BCUT2D eigenvalue weighted by atomic mass is 35.5. The predicted octanol–water partition coefficient (Wildman–Crippen LogP) is 1.36. The summed E-state index contributed by atoms with van der Waals surface area (Å²) in [7, 11) is 0. The molecule has 78 valence electrons. The van der Waals surface area contributed by atoms with Gasteiger partial charge in [0.15, 0.2) is 11.0 Å². The van der Waals surface area contributed by atoms with Gasteiger partial charge < -0.3 is 5.32 Å². The summed E-state index contributed by atoms with van der Waals surface area (Å²) in [6.45, 7) is 1.62. The Balaban J connectivity index is 2.64. The molecule has 0 radical (unpaired) electrons. The second-order valence-electron chi connectivity index (χ2n) is 2.71. The summed E-state index contributed by atoms with van der Waals surface area (Å²) in [4.78, 5) is 14.1.